The van der Waals surface area contributed by atoms with Crippen molar-refractivity contribution in [1.82, 2.24) is 10.2 Å². The maximum absolute atomic E-state index is 13.6. The van der Waals surface area contributed by atoms with Crippen LogP contribution in [0.25, 0.3) is 5.76 Å². The number of hydrogen-bond acceptors (Lipinski definition) is 7. The number of rotatable bonds is 6. The zero-order valence-corrected chi connectivity index (χ0v) is 20.5. The smallest absolute Gasteiger partial charge is 0.296 e. The molecule has 0 spiro atoms. The Labute approximate surface area is 205 Å². The number of nitrogens with one attached hydrogen (secondary N) is 1. The zero-order valence-electron chi connectivity index (χ0n) is 19.7. The molecule has 4 aliphatic rings. The van der Waals surface area contributed by atoms with Crippen LogP contribution in [0.2, 0.25) is 0 Å². The number of anilines is 1. The van der Waals surface area contributed by atoms with Crippen molar-refractivity contribution in [2.75, 3.05) is 31.6 Å². The van der Waals surface area contributed by atoms with Crippen LogP contribution in [0.1, 0.15) is 24.0 Å². The molecule has 2 N–H and O–H groups in total. The number of benzene rings is 2. The van der Waals surface area contributed by atoms with E-state index in [2.05, 4.69) is 10.2 Å². The molecular formula is C25H29N3O6S. The van der Waals surface area contributed by atoms with Crippen LogP contribution < -0.4 is 15.0 Å². The molecule has 0 radical (unpaired) electrons. The third kappa shape index (κ3) is 4.61. The number of hydrogen-bond donors (Lipinski definition) is 2. The highest BCUT2D eigenvalue weighted by Gasteiger charge is 2.41. The molecule has 2 atom stereocenters. The number of ether oxygens (including phenoxy) is 2. The number of carbonyl (C=O) groups excluding carboxylic acids is 1. The minimum Gasteiger partial charge on any atom is -0.496 e. The third-order valence-corrected chi connectivity index (χ3v) is 7.90. The largest absolute Gasteiger partial charge is 0.496 e. The van der Waals surface area contributed by atoms with Crippen LogP contribution in [0.5, 0.6) is 5.75 Å². The third-order valence-electron chi connectivity index (χ3n) is 7.00. The second-order valence-electron chi connectivity index (χ2n) is 9.27. The fourth-order valence-corrected chi connectivity index (χ4v) is 5.86. The van der Waals surface area contributed by atoms with Crippen molar-refractivity contribution in [3.05, 3.63) is 59.8 Å². The Kier molecular flexibility index (Phi) is 6.20. The number of aryl methyl sites for hydroxylation is 1. The molecule has 4 aliphatic heterocycles. The summed E-state index contributed by atoms with van der Waals surface area (Å²) in [6, 6.07) is 11.8. The molecule has 4 heterocycles. The highest BCUT2D eigenvalue weighted by Crippen LogP contribution is 2.38. The van der Waals surface area contributed by atoms with Crippen molar-refractivity contribution in [3.63, 3.8) is 0 Å². The summed E-state index contributed by atoms with van der Waals surface area (Å²) in [6.07, 6.45) is 2.50. The number of nitrogens with zero attached hydrogens (tertiary/aromatic N) is 2. The minimum absolute atomic E-state index is 0.00400. The van der Waals surface area contributed by atoms with E-state index in [0.29, 0.717) is 23.0 Å². The van der Waals surface area contributed by atoms with Crippen molar-refractivity contribution < 1.29 is 27.2 Å². The first-order valence-corrected chi connectivity index (χ1v) is 13.1. The molecule has 6 rings (SSSR count). The Morgan fingerprint density at radius 2 is 1.91 bits per heavy atom. The predicted molar refractivity (Wildman–Crippen MR) is 130 cm³/mol. The van der Waals surface area contributed by atoms with Crippen LogP contribution in [-0.4, -0.2) is 62.8 Å². The number of piperidine rings is 3. The van der Waals surface area contributed by atoms with Gasteiger partial charge in [0.2, 0.25) is 0 Å². The van der Waals surface area contributed by atoms with E-state index in [0.717, 1.165) is 38.0 Å². The predicted octanol–water partition coefficient (Wildman–Crippen LogP) is 2.62. The van der Waals surface area contributed by atoms with Crippen molar-refractivity contribution in [3.8, 4) is 5.75 Å². The Bertz CT molecular complexity index is 1270. The first-order chi connectivity index (χ1) is 16.7. The maximum atomic E-state index is 13.6. The van der Waals surface area contributed by atoms with Gasteiger partial charge in [0.05, 0.1) is 24.6 Å². The molecule has 2 aromatic rings. The standard InChI is InChI=1S/C25H29N3O6S/c1-16-7-8-23(35(30,31)32)20(13-16)28-15-22(18-5-3-4-6-21(18)33-2)34-25(28)24(29)26-19-14-27-11-9-17(19)10-12-27/h3-8,13,15,17,19,25H,9-12,14H2,1-2H3,(H,26,29)(H,30,31,32)/t19-,25?/m0/s1. The van der Waals surface area contributed by atoms with Crippen molar-refractivity contribution >= 4 is 27.5 Å². The highest BCUT2D eigenvalue weighted by molar-refractivity contribution is 7.86. The molecule has 2 bridgehead atoms. The number of amides is 1. The van der Waals surface area contributed by atoms with Crippen LogP contribution in [0.3, 0.4) is 0 Å². The summed E-state index contributed by atoms with van der Waals surface area (Å²) < 4.78 is 45.9. The molecule has 1 unspecified atom stereocenters. The highest BCUT2D eigenvalue weighted by atomic mass is 32.2. The van der Waals surface area contributed by atoms with Gasteiger partial charge in [0.15, 0.2) is 0 Å². The zero-order chi connectivity index (χ0) is 24.7. The van der Waals surface area contributed by atoms with Crippen molar-refractivity contribution in [2.45, 2.75) is 36.9 Å². The van der Waals surface area contributed by atoms with Crippen molar-refractivity contribution in [1.29, 1.82) is 0 Å². The quantitative estimate of drug-likeness (QED) is 0.584. The number of carbonyl (C=O) groups is 1. The summed E-state index contributed by atoms with van der Waals surface area (Å²) in [5.74, 6) is 0.955. The van der Waals surface area contributed by atoms with Crippen LogP contribution >= 0.6 is 0 Å². The average Bonchev–Trinajstić information content (AvgIpc) is 3.29. The van der Waals surface area contributed by atoms with Gasteiger partial charge >= 0.3 is 0 Å². The summed E-state index contributed by atoms with van der Waals surface area (Å²) in [7, 11) is -3.01. The van der Waals surface area contributed by atoms with E-state index in [1.54, 1.807) is 44.5 Å². The van der Waals surface area contributed by atoms with Gasteiger partial charge in [-0.15, -0.1) is 0 Å². The van der Waals surface area contributed by atoms with Gasteiger partial charge in [-0.2, -0.15) is 8.42 Å². The molecule has 9 nitrogen and oxygen atoms in total. The molecule has 3 fully saturated rings. The summed E-state index contributed by atoms with van der Waals surface area (Å²) in [6.45, 7) is 4.69. The van der Waals surface area contributed by atoms with Gasteiger partial charge in [0.25, 0.3) is 22.3 Å². The normalized spacial score (nSPS) is 25.7. The number of para-hydroxylation sites is 1. The molecule has 186 valence electrons. The lowest BCUT2D eigenvalue weighted by molar-refractivity contribution is -0.130. The molecule has 2 aromatic carbocycles. The van der Waals surface area contributed by atoms with Gasteiger partial charge in [0, 0.05) is 12.6 Å². The average molecular weight is 500 g/mol. The fourth-order valence-electron chi connectivity index (χ4n) is 5.19. The van der Waals surface area contributed by atoms with E-state index in [1.807, 2.05) is 12.1 Å². The van der Waals surface area contributed by atoms with Crippen molar-refractivity contribution in [2.24, 2.45) is 5.92 Å². The second-order valence-corrected chi connectivity index (χ2v) is 10.7. The molecule has 0 aromatic heterocycles. The minimum atomic E-state index is -4.56. The van der Waals surface area contributed by atoms with Crippen LogP contribution in [0, 0.1) is 12.8 Å². The lowest BCUT2D eigenvalue weighted by Gasteiger charge is -2.45. The van der Waals surface area contributed by atoms with Crippen LogP contribution in [-0.2, 0) is 19.6 Å². The Hall–Kier alpha value is -3.08. The SMILES string of the molecule is COc1ccccc1C1=CN(c2cc(C)ccc2S(=O)(=O)O)C(C(=O)N[C@H]2CN3CCC2CC3)O1. The maximum Gasteiger partial charge on any atom is 0.296 e. The van der Waals surface area contributed by atoms with Gasteiger partial charge in [-0.1, -0.05) is 18.2 Å². The molecule has 0 aliphatic carbocycles. The van der Waals surface area contributed by atoms with Gasteiger partial charge in [0.1, 0.15) is 16.4 Å². The van der Waals surface area contributed by atoms with Gasteiger partial charge < -0.3 is 19.7 Å². The summed E-state index contributed by atoms with van der Waals surface area (Å²) in [4.78, 5) is 17.1. The van der Waals surface area contributed by atoms with Gasteiger partial charge in [-0.05, 0) is 68.6 Å². The Balaban J connectivity index is 1.53. The van der Waals surface area contributed by atoms with E-state index in [-0.39, 0.29) is 22.5 Å². The topological polar surface area (TPSA) is 108 Å². The monoisotopic (exact) mass is 499 g/mol. The number of fused-ring (bicyclic) bond motifs is 3. The second kappa shape index (κ2) is 9.18. The molecule has 10 heteroatoms. The molecule has 3 saturated heterocycles. The van der Waals surface area contributed by atoms with Crippen LogP contribution in [0.15, 0.2) is 53.6 Å². The van der Waals surface area contributed by atoms with Crippen LogP contribution in [0.4, 0.5) is 5.69 Å². The van der Waals surface area contributed by atoms with E-state index in [9.17, 15) is 17.8 Å². The lowest BCUT2D eigenvalue weighted by Crippen LogP contribution is -2.59. The van der Waals surface area contributed by atoms with E-state index in [1.165, 1.54) is 11.0 Å². The molecule has 35 heavy (non-hydrogen) atoms. The van der Waals surface area contributed by atoms with E-state index in [4.69, 9.17) is 9.47 Å². The van der Waals surface area contributed by atoms with E-state index < -0.39 is 16.3 Å². The fraction of sp³-hybridized carbons (Fsp3) is 0.400. The summed E-state index contributed by atoms with van der Waals surface area (Å²) >= 11 is 0. The summed E-state index contributed by atoms with van der Waals surface area (Å²) in [5.41, 5.74) is 1.55. The Morgan fingerprint density at radius 1 is 1.17 bits per heavy atom. The molecular weight excluding hydrogens is 470 g/mol. The number of methoxy groups -OCH3 is 1. The first-order valence-electron chi connectivity index (χ1n) is 11.7. The summed E-state index contributed by atoms with van der Waals surface area (Å²) in [5, 5.41) is 3.14. The molecule has 0 saturated carbocycles. The van der Waals surface area contributed by atoms with Gasteiger partial charge in [-0.3, -0.25) is 14.2 Å². The molecule has 1 amide bonds. The Morgan fingerprint density at radius 3 is 2.57 bits per heavy atom. The van der Waals surface area contributed by atoms with Gasteiger partial charge in [-0.25, -0.2) is 0 Å². The van der Waals surface area contributed by atoms with E-state index >= 15 is 0 Å². The lowest BCUT2D eigenvalue weighted by atomic mass is 9.84. The first kappa shape index (κ1) is 23.7.